The van der Waals surface area contributed by atoms with Crippen molar-refractivity contribution in [3.05, 3.63) is 46.0 Å². The molecular formula is C20H23ClN2O5S. The van der Waals surface area contributed by atoms with E-state index in [1.165, 1.54) is 19.2 Å². The molecule has 0 radical (unpaired) electrons. The third kappa shape index (κ3) is 4.49. The Morgan fingerprint density at radius 1 is 1.24 bits per heavy atom. The fourth-order valence-electron chi connectivity index (χ4n) is 3.12. The van der Waals surface area contributed by atoms with Crippen LogP contribution in [0, 0.1) is 6.92 Å². The number of halogens is 1. The third-order valence-electron chi connectivity index (χ3n) is 4.56. The topological polar surface area (TPSA) is 84.9 Å². The molecule has 0 aromatic heterocycles. The second kappa shape index (κ2) is 8.22. The van der Waals surface area contributed by atoms with E-state index in [1.807, 2.05) is 19.0 Å². The molecule has 1 N–H and O–H groups in total. The highest BCUT2D eigenvalue weighted by atomic mass is 35.5. The number of likely N-dealkylation sites (N-methyl/N-ethyl adjacent to an activating group) is 1. The van der Waals surface area contributed by atoms with Crippen LogP contribution in [0.1, 0.15) is 21.5 Å². The number of esters is 1. The third-order valence-corrected chi connectivity index (χ3v) is 6.50. The molecule has 0 aliphatic carbocycles. The van der Waals surface area contributed by atoms with Crippen LogP contribution in [-0.2, 0) is 20.3 Å². The van der Waals surface area contributed by atoms with E-state index in [4.69, 9.17) is 21.1 Å². The molecule has 1 aliphatic heterocycles. The molecule has 0 unspecified atom stereocenters. The number of benzene rings is 2. The first-order chi connectivity index (χ1) is 13.6. The number of carbonyl (C=O) groups is 1. The SMILES string of the molecule is COC(=O)c1cc(C)c2c(c1)S(=O)(=O)Cc1cc(NCCN(C)C)cc(Cl)c1O2. The minimum absolute atomic E-state index is 0.0488. The van der Waals surface area contributed by atoms with Crippen molar-refractivity contribution < 1.29 is 22.7 Å². The molecule has 2 aromatic carbocycles. The van der Waals surface area contributed by atoms with Gasteiger partial charge in [-0.25, -0.2) is 13.2 Å². The maximum Gasteiger partial charge on any atom is 0.337 e. The van der Waals surface area contributed by atoms with E-state index in [-0.39, 0.29) is 22.0 Å². The maximum atomic E-state index is 13.1. The Hall–Kier alpha value is -2.29. The van der Waals surface area contributed by atoms with Crippen LogP contribution in [0.5, 0.6) is 11.5 Å². The fraction of sp³-hybridized carbons (Fsp3) is 0.350. The lowest BCUT2D eigenvalue weighted by Gasteiger charge is -2.15. The summed E-state index contributed by atoms with van der Waals surface area (Å²) in [6.07, 6.45) is 0. The monoisotopic (exact) mass is 438 g/mol. The van der Waals surface area contributed by atoms with Gasteiger partial charge < -0.3 is 19.7 Å². The van der Waals surface area contributed by atoms with E-state index in [1.54, 1.807) is 19.1 Å². The van der Waals surface area contributed by atoms with Crippen molar-refractivity contribution >= 4 is 33.1 Å². The average Bonchev–Trinajstić information content (AvgIpc) is 2.75. The number of anilines is 1. The summed E-state index contributed by atoms with van der Waals surface area (Å²) in [5.41, 5.74) is 1.83. The zero-order valence-corrected chi connectivity index (χ0v) is 18.3. The highest BCUT2D eigenvalue weighted by Gasteiger charge is 2.31. The molecule has 3 rings (SSSR count). The Morgan fingerprint density at radius 3 is 2.62 bits per heavy atom. The summed E-state index contributed by atoms with van der Waals surface area (Å²) in [6, 6.07) is 6.28. The molecule has 0 fully saturated rings. The van der Waals surface area contributed by atoms with Crippen LogP contribution in [0.2, 0.25) is 5.02 Å². The van der Waals surface area contributed by atoms with Crippen molar-refractivity contribution in [2.24, 2.45) is 0 Å². The number of hydrogen-bond acceptors (Lipinski definition) is 7. The highest BCUT2D eigenvalue weighted by Crippen LogP contribution is 2.44. The standard InChI is InChI=1S/C20H23ClN2O5S/c1-12-7-13(20(24)27-4)9-17-18(12)28-19-14(11-29(17,25)26)8-15(10-16(19)21)22-5-6-23(2)3/h7-10,22H,5-6,11H2,1-4H3. The number of rotatable bonds is 5. The molecule has 0 amide bonds. The zero-order valence-electron chi connectivity index (χ0n) is 16.7. The zero-order chi connectivity index (χ0) is 21.3. The van der Waals surface area contributed by atoms with E-state index in [0.717, 1.165) is 6.54 Å². The van der Waals surface area contributed by atoms with Crippen molar-refractivity contribution in [3.63, 3.8) is 0 Å². The molecule has 156 valence electrons. The van der Waals surface area contributed by atoms with E-state index in [9.17, 15) is 13.2 Å². The van der Waals surface area contributed by atoms with Gasteiger partial charge in [0.15, 0.2) is 9.84 Å². The quantitative estimate of drug-likeness (QED) is 0.715. The summed E-state index contributed by atoms with van der Waals surface area (Å²) in [5, 5.41) is 3.56. The van der Waals surface area contributed by atoms with Gasteiger partial charge in [-0.2, -0.15) is 0 Å². The van der Waals surface area contributed by atoms with Crippen LogP contribution >= 0.6 is 11.6 Å². The molecule has 1 aliphatic rings. The van der Waals surface area contributed by atoms with Crippen molar-refractivity contribution in [1.82, 2.24) is 4.90 Å². The molecule has 0 bridgehead atoms. The summed E-state index contributed by atoms with van der Waals surface area (Å²) in [6.45, 7) is 3.17. The van der Waals surface area contributed by atoms with E-state index in [0.29, 0.717) is 34.1 Å². The second-order valence-corrected chi connectivity index (χ2v) is 9.51. The van der Waals surface area contributed by atoms with Crippen molar-refractivity contribution in [2.75, 3.05) is 39.6 Å². The van der Waals surface area contributed by atoms with E-state index < -0.39 is 15.8 Å². The van der Waals surface area contributed by atoms with E-state index in [2.05, 4.69) is 5.32 Å². The molecule has 7 nitrogen and oxygen atoms in total. The first kappa shape index (κ1) is 21.4. The van der Waals surface area contributed by atoms with Gasteiger partial charge in [0.05, 0.1) is 23.4 Å². The number of carbonyl (C=O) groups excluding carboxylic acids is 1. The molecule has 0 saturated carbocycles. The number of nitrogens with zero attached hydrogens (tertiary/aromatic N) is 1. The lowest BCUT2D eigenvalue weighted by Crippen LogP contribution is -2.20. The second-order valence-electron chi connectivity index (χ2n) is 7.15. The Labute approximate surface area is 175 Å². The molecule has 1 heterocycles. The maximum absolute atomic E-state index is 13.1. The van der Waals surface area contributed by atoms with Gasteiger partial charge in [-0.05, 0) is 50.8 Å². The summed E-state index contributed by atoms with van der Waals surface area (Å²) < 4.78 is 36.9. The minimum Gasteiger partial charge on any atom is -0.465 e. The van der Waals surface area contributed by atoms with Gasteiger partial charge in [0.1, 0.15) is 16.4 Å². The van der Waals surface area contributed by atoms with Crippen LogP contribution in [0.15, 0.2) is 29.2 Å². The molecule has 9 heteroatoms. The average molecular weight is 439 g/mol. The number of fused-ring (bicyclic) bond motifs is 2. The van der Waals surface area contributed by atoms with Gasteiger partial charge >= 0.3 is 5.97 Å². The normalized spacial score (nSPS) is 14.4. The smallest absolute Gasteiger partial charge is 0.337 e. The van der Waals surface area contributed by atoms with Gasteiger partial charge in [0, 0.05) is 24.3 Å². The number of aryl methyl sites for hydroxylation is 1. The van der Waals surface area contributed by atoms with Crippen LogP contribution in [0.4, 0.5) is 5.69 Å². The highest BCUT2D eigenvalue weighted by molar-refractivity contribution is 7.90. The number of ether oxygens (including phenoxy) is 2. The summed E-state index contributed by atoms with van der Waals surface area (Å²) in [5.74, 6) is -0.423. The lowest BCUT2D eigenvalue weighted by molar-refractivity contribution is 0.0600. The van der Waals surface area contributed by atoms with Gasteiger partial charge in [0.25, 0.3) is 0 Å². The Bertz CT molecular complexity index is 1070. The van der Waals surface area contributed by atoms with E-state index >= 15 is 0 Å². The van der Waals surface area contributed by atoms with Crippen molar-refractivity contribution in [1.29, 1.82) is 0 Å². The largest absolute Gasteiger partial charge is 0.465 e. The van der Waals surface area contributed by atoms with Gasteiger partial charge in [-0.15, -0.1) is 0 Å². The molecule has 0 spiro atoms. The number of sulfone groups is 1. The first-order valence-corrected chi connectivity index (χ1v) is 11.0. The number of hydrogen-bond donors (Lipinski definition) is 1. The van der Waals surface area contributed by atoms with Crippen LogP contribution in [-0.4, -0.2) is 53.6 Å². The first-order valence-electron chi connectivity index (χ1n) is 8.97. The lowest BCUT2D eigenvalue weighted by atomic mass is 10.1. The van der Waals surface area contributed by atoms with Gasteiger partial charge in [-0.1, -0.05) is 11.6 Å². The number of nitrogens with one attached hydrogen (secondary N) is 1. The molecule has 0 saturated heterocycles. The van der Waals surface area contributed by atoms with Crippen LogP contribution in [0.25, 0.3) is 0 Å². The summed E-state index contributed by atoms with van der Waals surface area (Å²) >= 11 is 6.43. The predicted molar refractivity (Wildman–Crippen MR) is 112 cm³/mol. The minimum atomic E-state index is -3.77. The molecule has 2 aromatic rings. The predicted octanol–water partition coefficient (Wildman–Crippen LogP) is 3.49. The van der Waals surface area contributed by atoms with Crippen LogP contribution < -0.4 is 10.1 Å². The Balaban J connectivity index is 2.05. The molecule has 29 heavy (non-hydrogen) atoms. The summed E-state index contributed by atoms with van der Waals surface area (Å²) in [7, 11) is 1.40. The summed E-state index contributed by atoms with van der Waals surface area (Å²) in [4.78, 5) is 13.9. The van der Waals surface area contributed by atoms with Crippen molar-refractivity contribution in [3.8, 4) is 11.5 Å². The number of methoxy groups -OCH3 is 1. The Morgan fingerprint density at radius 2 is 1.97 bits per heavy atom. The fourth-order valence-corrected chi connectivity index (χ4v) is 4.97. The molecular weight excluding hydrogens is 416 g/mol. The van der Waals surface area contributed by atoms with Crippen molar-refractivity contribution in [2.45, 2.75) is 17.6 Å². The van der Waals surface area contributed by atoms with Crippen LogP contribution in [0.3, 0.4) is 0 Å². The Kier molecular flexibility index (Phi) is 6.07. The molecule has 0 atom stereocenters. The van der Waals surface area contributed by atoms with Gasteiger partial charge in [-0.3, -0.25) is 0 Å². The van der Waals surface area contributed by atoms with Gasteiger partial charge in [0.2, 0.25) is 0 Å².